The number of rotatable bonds is 7. The summed E-state index contributed by atoms with van der Waals surface area (Å²) in [5, 5.41) is 2.89. The smallest absolute Gasteiger partial charge is 0.251 e. The maximum absolute atomic E-state index is 13.1. The van der Waals surface area contributed by atoms with Gasteiger partial charge in [-0.15, -0.1) is 0 Å². The van der Waals surface area contributed by atoms with Crippen molar-refractivity contribution >= 4 is 15.9 Å². The lowest BCUT2D eigenvalue weighted by Gasteiger charge is -2.27. The molecule has 2 rings (SSSR count). The van der Waals surface area contributed by atoms with Gasteiger partial charge in [-0.3, -0.25) is 4.79 Å². The maximum atomic E-state index is 13.1. The van der Waals surface area contributed by atoms with Gasteiger partial charge < -0.3 is 5.32 Å². The Morgan fingerprint density at radius 2 is 1.52 bits per heavy atom. The fraction of sp³-hybridized carbons (Fsp3) is 0.350. The number of nitrogens with zero attached hydrogens (tertiary/aromatic N) is 1. The first-order valence-electron chi connectivity index (χ1n) is 8.80. The molecule has 7 heteroatoms. The zero-order valence-electron chi connectivity index (χ0n) is 16.0. The van der Waals surface area contributed by atoms with E-state index in [1.165, 1.54) is 40.7 Å². The van der Waals surface area contributed by atoms with Crippen molar-refractivity contribution in [3.63, 3.8) is 0 Å². The third-order valence-corrected chi connectivity index (χ3v) is 6.52. The first-order valence-corrected chi connectivity index (χ1v) is 10.2. The number of amides is 1. The highest BCUT2D eigenvalue weighted by Crippen LogP contribution is 2.22. The summed E-state index contributed by atoms with van der Waals surface area (Å²) < 4.78 is 39.5. The molecule has 0 aromatic heterocycles. The fourth-order valence-electron chi connectivity index (χ4n) is 2.79. The molecule has 0 radical (unpaired) electrons. The Kier molecular flexibility index (Phi) is 6.38. The quantitative estimate of drug-likeness (QED) is 0.784. The van der Waals surface area contributed by atoms with Crippen LogP contribution in [0.15, 0.2) is 53.4 Å². The number of carbonyl (C=O) groups excluding carboxylic acids is 1. The van der Waals surface area contributed by atoms with E-state index in [4.69, 9.17) is 0 Å². The standard InChI is InChI=1S/C20H25FN2O3S/c1-5-23(6-2)27(25,26)18-13-7-15(8-14-18)19(24)22-20(3,4)16-9-11-17(21)12-10-16/h7-14H,5-6H2,1-4H3,(H,22,24). The van der Waals surface area contributed by atoms with Crippen molar-refractivity contribution < 1.29 is 17.6 Å². The summed E-state index contributed by atoms with van der Waals surface area (Å²) in [5.74, 6) is -0.679. The number of sulfonamides is 1. The van der Waals surface area contributed by atoms with Crippen LogP contribution in [0.5, 0.6) is 0 Å². The van der Waals surface area contributed by atoms with Crippen LogP contribution in [0.4, 0.5) is 4.39 Å². The molecule has 0 aliphatic rings. The van der Waals surface area contributed by atoms with E-state index in [-0.39, 0.29) is 16.6 Å². The summed E-state index contributed by atoms with van der Waals surface area (Å²) in [6.07, 6.45) is 0. The van der Waals surface area contributed by atoms with Crippen LogP contribution in [0.25, 0.3) is 0 Å². The number of hydrogen-bond donors (Lipinski definition) is 1. The highest BCUT2D eigenvalue weighted by Gasteiger charge is 2.25. The minimum Gasteiger partial charge on any atom is -0.343 e. The van der Waals surface area contributed by atoms with E-state index in [0.29, 0.717) is 18.7 Å². The summed E-state index contributed by atoms with van der Waals surface area (Å²) in [4.78, 5) is 12.7. The molecule has 1 N–H and O–H groups in total. The molecule has 146 valence electrons. The molecule has 0 heterocycles. The Morgan fingerprint density at radius 3 is 2.00 bits per heavy atom. The highest BCUT2D eigenvalue weighted by atomic mass is 32.2. The van der Waals surface area contributed by atoms with Crippen molar-refractivity contribution in [2.75, 3.05) is 13.1 Å². The zero-order valence-corrected chi connectivity index (χ0v) is 16.8. The van der Waals surface area contributed by atoms with Gasteiger partial charge in [0.05, 0.1) is 10.4 Å². The molecule has 0 saturated carbocycles. The highest BCUT2D eigenvalue weighted by molar-refractivity contribution is 7.89. The Labute approximate surface area is 160 Å². The summed E-state index contributed by atoms with van der Waals surface area (Å²) in [6, 6.07) is 11.8. The normalized spacial score (nSPS) is 12.2. The van der Waals surface area contributed by atoms with Crippen LogP contribution in [0.2, 0.25) is 0 Å². The second-order valence-corrected chi connectivity index (χ2v) is 8.64. The van der Waals surface area contributed by atoms with Gasteiger partial charge in [0.15, 0.2) is 0 Å². The van der Waals surface area contributed by atoms with Crippen molar-refractivity contribution in [2.24, 2.45) is 0 Å². The topological polar surface area (TPSA) is 66.5 Å². The SMILES string of the molecule is CCN(CC)S(=O)(=O)c1ccc(C(=O)NC(C)(C)c2ccc(F)cc2)cc1. The average molecular weight is 392 g/mol. The summed E-state index contributed by atoms with van der Waals surface area (Å²) in [6.45, 7) is 7.95. The predicted molar refractivity (Wildman–Crippen MR) is 103 cm³/mol. The lowest BCUT2D eigenvalue weighted by Crippen LogP contribution is -2.41. The second kappa shape index (κ2) is 8.19. The van der Waals surface area contributed by atoms with Gasteiger partial charge in [0, 0.05) is 18.7 Å². The van der Waals surface area contributed by atoms with Crippen molar-refractivity contribution in [2.45, 2.75) is 38.1 Å². The predicted octanol–water partition coefficient (Wildman–Crippen LogP) is 3.52. The summed E-state index contributed by atoms with van der Waals surface area (Å²) >= 11 is 0. The molecule has 0 fully saturated rings. The number of hydrogen-bond acceptors (Lipinski definition) is 3. The second-order valence-electron chi connectivity index (χ2n) is 6.70. The van der Waals surface area contributed by atoms with Crippen LogP contribution in [0.3, 0.4) is 0 Å². The Bertz CT molecular complexity index is 888. The van der Waals surface area contributed by atoms with E-state index in [1.54, 1.807) is 26.0 Å². The molecule has 5 nitrogen and oxygen atoms in total. The Hall–Kier alpha value is -2.25. The van der Waals surface area contributed by atoms with E-state index in [1.807, 2.05) is 13.8 Å². The number of halogens is 1. The molecule has 0 saturated heterocycles. The van der Waals surface area contributed by atoms with E-state index in [9.17, 15) is 17.6 Å². The van der Waals surface area contributed by atoms with Gasteiger partial charge in [-0.25, -0.2) is 12.8 Å². The molecular formula is C20H25FN2O3S. The van der Waals surface area contributed by atoms with Gasteiger partial charge in [-0.1, -0.05) is 26.0 Å². The van der Waals surface area contributed by atoms with Crippen molar-refractivity contribution in [3.8, 4) is 0 Å². The van der Waals surface area contributed by atoms with Crippen LogP contribution in [0, 0.1) is 5.82 Å². The average Bonchev–Trinajstić information content (AvgIpc) is 2.62. The number of carbonyl (C=O) groups is 1. The molecule has 0 spiro atoms. The molecule has 0 bridgehead atoms. The monoisotopic (exact) mass is 392 g/mol. The van der Waals surface area contributed by atoms with E-state index < -0.39 is 15.6 Å². The third kappa shape index (κ3) is 4.73. The van der Waals surface area contributed by atoms with E-state index >= 15 is 0 Å². The fourth-order valence-corrected chi connectivity index (χ4v) is 4.24. The summed E-state index contributed by atoms with van der Waals surface area (Å²) in [7, 11) is -3.56. The van der Waals surface area contributed by atoms with Crippen molar-refractivity contribution in [1.29, 1.82) is 0 Å². The third-order valence-electron chi connectivity index (χ3n) is 4.45. The minimum atomic E-state index is -3.56. The molecule has 2 aromatic carbocycles. The van der Waals surface area contributed by atoms with Crippen LogP contribution < -0.4 is 5.32 Å². The van der Waals surface area contributed by atoms with Gasteiger partial charge in [0.1, 0.15) is 5.82 Å². The molecular weight excluding hydrogens is 367 g/mol. The Balaban J connectivity index is 2.19. The van der Waals surface area contributed by atoms with Gasteiger partial charge in [0.25, 0.3) is 5.91 Å². The first kappa shape index (κ1) is 21.1. The van der Waals surface area contributed by atoms with Gasteiger partial charge in [-0.2, -0.15) is 4.31 Å². The zero-order chi connectivity index (χ0) is 20.2. The number of benzene rings is 2. The lowest BCUT2D eigenvalue weighted by molar-refractivity contribution is 0.0912. The van der Waals surface area contributed by atoms with Crippen LogP contribution >= 0.6 is 0 Å². The van der Waals surface area contributed by atoms with E-state index in [2.05, 4.69) is 5.32 Å². The molecule has 2 aromatic rings. The van der Waals surface area contributed by atoms with Crippen LogP contribution in [0.1, 0.15) is 43.6 Å². The Morgan fingerprint density at radius 1 is 1.00 bits per heavy atom. The maximum Gasteiger partial charge on any atom is 0.251 e. The van der Waals surface area contributed by atoms with Gasteiger partial charge >= 0.3 is 0 Å². The van der Waals surface area contributed by atoms with Gasteiger partial charge in [0.2, 0.25) is 10.0 Å². The molecule has 0 unspecified atom stereocenters. The molecule has 0 aliphatic carbocycles. The van der Waals surface area contributed by atoms with E-state index in [0.717, 1.165) is 5.56 Å². The van der Waals surface area contributed by atoms with Crippen LogP contribution in [-0.2, 0) is 15.6 Å². The van der Waals surface area contributed by atoms with Gasteiger partial charge in [-0.05, 0) is 55.8 Å². The lowest BCUT2D eigenvalue weighted by atomic mass is 9.94. The summed E-state index contributed by atoms with van der Waals surface area (Å²) in [5.41, 5.74) is 0.401. The minimum absolute atomic E-state index is 0.153. The number of nitrogens with one attached hydrogen (secondary N) is 1. The largest absolute Gasteiger partial charge is 0.343 e. The first-order chi connectivity index (χ1) is 12.6. The molecule has 1 amide bonds. The molecule has 0 atom stereocenters. The molecule has 27 heavy (non-hydrogen) atoms. The van der Waals surface area contributed by atoms with Crippen molar-refractivity contribution in [3.05, 3.63) is 65.5 Å². The van der Waals surface area contributed by atoms with Crippen LogP contribution in [-0.4, -0.2) is 31.7 Å². The van der Waals surface area contributed by atoms with Crippen molar-refractivity contribution in [1.82, 2.24) is 9.62 Å². The molecule has 0 aliphatic heterocycles.